The highest BCUT2D eigenvalue weighted by Gasteiger charge is 2.20. The van der Waals surface area contributed by atoms with Gasteiger partial charge < -0.3 is 9.13 Å². The molecule has 5 nitrogen and oxygen atoms in total. The highest BCUT2D eigenvalue weighted by Crippen LogP contribution is 2.41. The van der Waals surface area contributed by atoms with Crippen LogP contribution in [0.15, 0.2) is 152 Å². The maximum atomic E-state index is 10.3. The Morgan fingerprint density at radius 3 is 1.82 bits per heavy atom. The van der Waals surface area contributed by atoms with Crippen molar-refractivity contribution >= 4 is 43.6 Å². The predicted octanol–water partition coefficient (Wildman–Crippen LogP) is 10.8. The van der Waals surface area contributed by atoms with Gasteiger partial charge >= 0.3 is 0 Å². The molecule has 0 fully saturated rings. The Bertz CT molecular complexity index is 2970. The third-order valence-corrected chi connectivity index (χ3v) is 9.60. The van der Waals surface area contributed by atoms with Gasteiger partial charge in [0.15, 0.2) is 0 Å². The van der Waals surface area contributed by atoms with Crippen molar-refractivity contribution in [1.29, 1.82) is 15.8 Å². The first-order chi connectivity index (χ1) is 24.7. The number of hydrogen-bond acceptors (Lipinski definition) is 3. The molecule has 2 aromatic heterocycles. The summed E-state index contributed by atoms with van der Waals surface area (Å²) in [6, 6.07) is 57.8. The van der Waals surface area contributed by atoms with Gasteiger partial charge in [0.25, 0.3) is 0 Å². The van der Waals surface area contributed by atoms with Crippen LogP contribution < -0.4 is 0 Å². The van der Waals surface area contributed by atoms with E-state index in [0.717, 1.165) is 77.2 Å². The normalized spacial score (nSPS) is 11.1. The molecule has 0 radical (unpaired) electrons. The molecule has 0 aliphatic carbocycles. The Hall–Kier alpha value is -7.39. The van der Waals surface area contributed by atoms with Gasteiger partial charge in [-0.2, -0.15) is 15.8 Å². The molecular weight excluding hydrogens is 611 g/mol. The minimum Gasteiger partial charge on any atom is -0.309 e. The molecule has 0 aliphatic rings. The Morgan fingerprint density at radius 1 is 0.400 bits per heavy atom. The molecule has 0 amide bonds. The van der Waals surface area contributed by atoms with Gasteiger partial charge in [-0.05, 0) is 83.4 Å². The van der Waals surface area contributed by atoms with E-state index in [1.807, 2.05) is 84.9 Å². The van der Waals surface area contributed by atoms with E-state index in [0.29, 0.717) is 16.7 Å². The Balaban J connectivity index is 1.29. The lowest BCUT2D eigenvalue weighted by molar-refractivity contribution is 1.18. The van der Waals surface area contributed by atoms with Crippen molar-refractivity contribution in [2.45, 2.75) is 0 Å². The molecule has 0 bridgehead atoms. The van der Waals surface area contributed by atoms with Gasteiger partial charge in [-0.25, -0.2) is 0 Å². The fourth-order valence-corrected chi connectivity index (χ4v) is 7.52. The van der Waals surface area contributed by atoms with Gasteiger partial charge in [0, 0.05) is 32.8 Å². The van der Waals surface area contributed by atoms with Gasteiger partial charge in [0.2, 0.25) is 0 Å². The van der Waals surface area contributed by atoms with Gasteiger partial charge in [-0.3, -0.25) is 0 Å². The van der Waals surface area contributed by atoms with E-state index in [-0.39, 0.29) is 0 Å². The number of fused-ring (bicyclic) bond motifs is 6. The van der Waals surface area contributed by atoms with Crippen molar-refractivity contribution < 1.29 is 0 Å². The highest BCUT2D eigenvalue weighted by atomic mass is 15.0. The number of nitrogens with zero attached hydrogens (tertiary/aromatic N) is 5. The zero-order chi connectivity index (χ0) is 33.8. The number of aromatic nitrogens is 2. The lowest BCUT2D eigenvalue weighted by atomic mass is 9.92. The number of nitriles is 3. The molecule has 0 N–H and O–H groups in total. The summed E-state index contributed by atoms with van der Waals surface area (Å²) in [5.74, 6) is 0. The summed E-state index contributed by atoms with van der Waals surface area (Å²) in [5.41, 5.74) is 11.6. The van der Waals surface area contributed by atoms with Gasteiger partial charge in [-0.15, -0.1) is 0 Å². The van der Waals surface area contributed by atoms with Gasteiger partial charge in [0.1, 0.15) is 0 Å². The van der Waals surface area contributed by atoms with Crippen LogP contribution in [0.5, 0.6) is 0 Å². The number of benzene rings is 7. The summed E-state index contributed by atoms with van der Waals surface area (Å²) in [4.78, 5) is 0. The molecule has 0 saturated carbocycles. The molecule has 7 aromatic carbocycles. The molecule has 0 spiro atoms. The zero-order valence-electron chi connectivity index (χ0n) is 26.7. The smallest absolute Gasteiger partial charge is 0.0998 e. The first kappa shape index (κ1) is 28.8. The lowest BCUT2D eigenvalue weighted by Gasteiger charge is -2.18. The van der Waals surface area contributed by atoms with Crippen molar-refractivity contribution in [1.82, 2.24) is 9.13 Å². The van der Waals surface area contributed by atoms with Crippen LogP contribution in [0.1, 0.15) is 16.7 Å². The Kier molecular flexibility index (Phi) is 6.56. The molecule has 230 valence electrons. The monoisotopic (exact) mass is 635 g/mol. The molecule has 0 saturated heterocycles. The second-order valence-corrected chi connectivity index (χ2v) is 12.3. The van der Waals surface area contributed by atoms with E-state index in [2.05, 4.69) is 94.1 Å². The van der Waals surface area contributed by atoms with Crippen LogP contribution in [0.2, 0.25) is 0 Å². The van der Waals surface area contributed by atoms with Crippen molar-refractivity contribution in [2.75, 3.05) is 0 Å². The van der Waals surface area contributed by atoms with Crippen LogP contribution in [0.3, 0.4) is 0 Å². The van der Waals surface area contributed by atoms with Crippen LogP contribution in [0.25, 0.3) is 77.2 Å². The minimum atomic E-state index is 0.548. The second kappa shape index (κ2) is 11.4. The summed E-state index contributed by atoms with van der Waals surface area (Å²) in [6.45, 7) is 0. The van der Waals surface area contributed by atoms with Crippen molar-refractivity contribution in [2.24, 2.45) is 0 Å². The number of hydrogen-bond donors (Lipinski definition) is 0. The summed E-state index contributed by atoms with van der Waals surface area (Å²) in [6.07, 6.45) is 0. The van der Waals surface area contributed by atoms with Gasteiger partial charge in [0.05, 0.1) is 62.7 Å². The SMILES string of the molecule is N#Cc1cc(-c2ccccc2-c2ccccc2-n2c3ccccc3c3c(C#N)cccc32)cc(-n2c3ccccc3c3cc(C#N)ccc32)c1. The molecule has 9 rings (SSSR count). The van der Waals surface area contributed by atoms with E-state index in [4.69, 9.17) is 0 Å². The molecule has 5 heteroatoms. The van der Waals surface area contributed by atoms with Crippen LogP contribution >= 0.6 is 0 Å². The summed E-state index contributed by atoms with van der Waals surface area (Å²) in [7, 11) is 0. The third kappa shape index (κ3) is 4.31. The van der Waals surface area contributed by atoms with Crippen LogP contribution in [-0.2, 0) is 0 Å². The Morgan fingerprint density at radius 2 is 1.04 bits per heavy atom. The first-order valence-corrected chi connectivity index (χ1v) is 16.3. The average molecular weight is 636 g/mol. The first-order valence-electron chi connectivity index (χ1n) is 16.3. The molecule has 0 unspecified atom stereocenters. The maximum absolute atomic E-state index is 10.3. The van der Waals surface area contributed by atoms with E-state index in [1.54, 1.807) is 0 Å². The van der Waals surface area contributed by atoms with Crippen LogP contribution in [0, 0.1) is 34.0 Å². The highest BCUT2D eigenvalue weighted by molar-refractivity contribution is 6.12. The maximum Gasteiger partial charge on any atom is 0.0998 e. The summed E-state index contributed by atoms with van der Waals surface area (Å²) >= 11 is 0. The number of rotatable bonds is 4. The van der Waals surface area contributed by atoms with Crippen LogP contribution in [-0.4, -0.2) is 9.13 Å². The van der Waals surface area contributed by atoms with Gasteiger partial charge in [-0.1, -0.05) is 84.9 Å². The van der Waals surface area contributed by atoms with E-state index < -0.39 is 0 Å². The molecule has 50 heavy (non-hydrogen) atoms. The fourth-order valence-electron chi connectivity index (χ4n) is 7.52. The van der Waals surface area contributed by atoms with Crippen molar-refractivity contribution in [3.63, 3.8) is 0 Å². The number of para-hydroxylation sites is 3. The topological polar surface area (TPSA) is 81.2 Å². The predicted molar refractivity (Wildman–Crippen MR) is 200 cm³/mol. The molecule has 2 heterocycles. The quantitative estimate of drug-likeness (QED) is 0.193. The zero-order valence-corrected chi connectivity index (χ0v) is 26.7. The summed E-state index contributed by atoms with van der Waals surface area (Å²) < 4.78 is 4.43. The van der Waals surface area contributed by atoms with E-state index in [1.165, 1.54) is 0 Å². The molecule has 9 aromatic rings. The fraction of sp³-hybridized carbons (Fsp3) is 0. The summed E-state index contributed by atoms with van der Waals surface area (Å²) in [5, 5.41) is 34.0. The van der Waals surface area contributed by atoms with E-state index in [9.17, 15) is 15.8 Å². The largest absolute Gasteiger partial charge is 0.309 e. The molecule has 0 aliphatic heterocycles. The van der Waals surface area contributed by atoms with E-state index >= 15 is 0 Å². The minimum absolute atomic E-state index is 0.548. The molecular formula is C45H25N5. The third-order valence-electron chi connectivity index (χ3n) is 9.60. The van der Waals surface area contributed by atoms with Crippen molar-refractivity contribution in [3.05, 3.63) is 168 Å². The lowest BCUT2D eigenvalue weighted by Crippen LogP contribution is -1.99. The Labute approximate surface area is 287 Å². The van der Waals surface area contributed by atoms with Crippen LogP contribution in [0.4, 0.5) is 0 Å². The second-order valence-electron chi connectivity index (χ2n) is 12.3. The molecule has 0 atom stereocenters. The standard InChI is InChI=1S/C45H25N5/c46-26-29-20-21-43-39(24-29)37-14-4-6-16-40(37)49(43)33-23-30(27-47)22-32(25-33)34-11-1-2-12-35(34)36-13-3-7-17-41(36)50-42-18-8-5-15-38(42)45-31(28-48)10-9-19-44(45)50/h1-25H. The van der Waals surface area contributed by atoms with Crippen molar-refractivity contribution in [3.8, 4) is 51.8 Å². The average Bonchev–Trinajstić information content (AvgIpc) is 3.70.